The Morgan fingerprint density at radius 3 is 2.25 bits per heavy atom. The number of carbonyl (C=O) groups is 2. The van der Waals surface area contributed by atoms with Crippen molar-refractivity contribution in [3.05, 3.63) is 59.5 Å². The summed E-state index contributed by atoms with van der Waals surface area (Å²) in [4.78, 5) is 23.5. The van der Waals surface area contributed by atoms with Gasteiger partial charge < -0.3 is 15.1 Å². The minimum Gasteiger partial charge on any atom is -0.469 e. The first-order valence-corrected chi connectivity index (χ1v) is 6.34. The fourth-order valence-electron chi connectivity index (χ4n) is 1.76. The summed E-state index contributed by atoms with van der Waals surface area (Å²) in [6.45, 7) is 2.46. The monoisotopic (exact) mass is 272 g/mol. The van der Waals surface area contributed by atoms with Crippen LogP contribution in [0.5, 0.6) is 0 Å². The maximum absolute atomic E-state index is 11.8. The molecule has 2 aromatic rings. The molecule has 0 aliphatic rings. The fraction of sp³-hybridized carbons (Fsp3) is 0.200. The molecule has 2 amide bonds. The molecule has 1 aromatic carbocycles. The number of nitrogens with one attached hydrogen (secondary N) is 2. The van der Waals surface area contributed by atoms with E-state index in [4.69, 9.17) is 4.42 Å². The second kappa shape index (κ2) is 6.56. The molecule has 0 aliphatic heterocycles. The summed E-state index contributed by atoms with van der Waals surface area (Å²) in [5, 5.41) is 5.46. The smallest absolute Gasteiger partial charge is 0.254 e. The molecule has 0 radical (unpaired) electrons. The van der Waals surface area contributed by atoms with Gasteiger partial charge in [-0.1, -0.05) is 18.2 Å². The van der Waals surface area contributed by atoms with Gasteiger partial charge in [0.2, 0.25) is 0 Å². The van der Waals surface area contributed by atoms with E-state index in [2.05, 4.69) is 10.6 Å². The number of amides is 2. The van der Waals surface area contributed by atoms with Gasteiger partial charge in [-0.2, -0.15) is 0 Å². The Morgan fingerprint density at radius 1 is 1.00 bits per heavy atom. The highest BCUT2D eigenvalue weighted by molar-refractivity contribution is 5.95. The molecule has 0 saturated carbocycles. The molecule has 2 rings (SSSR count). The van der Waals surface area contributed by atoms with Crippen LogP contribution in [0.15, 0.2) is 47.1 Å². The van der Waals surface area contributed by atoms with Crippen LogP contribution in [0.3, 0.4) is 0 Å². The summed E-state index contributed by atoms with van der Waals surface area (Å²) in [6.07, 6.45) is 1.47. The molecule has 0 saturated heterocycles. The molecule has 104 valence electrons. The molecule has 1 aromatic heterocycles. The third-order valence-electron chi connectivity index (χ3n) is 2.84. The van der Waals surface area contributed by atoms with Gasteiger partial charge in [-0.05, 0) is 25.1 Å². The van der Waals surface area contributed by atoms with E-state index in [1.807, 2.05) is 6.07 Å². The van der Waals surface area contributed by atoms with E-state index in [-0.39, 0.29) is 11.8 Å². The maximum atomic E-state index is 11.8. The molecule has 0 atom stereocenters. The summed E-state index contributed by atoms with van der Waals surface area (Å²) < 4.78 is 5.06. The summed E-state index contributed by atoms with van der Waals surface area (Å²) in [5.41, 5.74) is 1.11. The number of furan rings is 1. The maximum Gasteiger partial charge on any atom is 0.254 e. The van der Waals surface area contributed by atoms with Crippen LogP contribution in [0, 0.1) is 6.92 Å². The minimum absolute atomic E-state index is 0.153. The van der Waals surface area contributed by atoms with Crippen molar-refractivity contribution in [3.63, 3.8) is 0 Å². The number of hydrogen-bond donors (Lipinski definition) is 2. The summed E-state index contributed by atoms with van der Waals surface area (Å²) >= 11 is 0. The lowest BCUT2D eigenvalue weighted by Crippen LogP contribution is -2.34. The fourth-order valence-corrected chi connectivity index (χ4v) is 1.76. The zero-order valence-electron chi connectivity index (χ0n) is 11.2. The van der Waals surface area contributed by atoms with Gasteiger partial charge in [0.25, 0.3) is 11.8 Å². The van der Waals surface area contributed by atoms with Crippen molar-refractivity contribution in [1.82, 2.24) is 10.6 Å². The van der Waals surface area contributed by atoms with E-state index >= 15 is 0 Å². The molecule has 20 heavy (non-hydrogen) atoms. The molecular weight excluding hydrogens is 256 g/mol. The molecule has 5 heteroatoms. The highest BCUT2D eigenvalue weighted by Crippen LogP contribution is 2.07. The van der Waals surface area contributed by atoms with Crippen LogP contribution in [0.4, 0.5) is 0 Å². The lowest BCUT2D eigenvalue weighted by Gasteiger charge is -2.06. The standard InChI is InChI=1S/C15H16N2O3/c1-11-13(7-10-20-11)15(19)17-9-8-16-14(18)12-5-3-2-4-6-12/h2-7,10H,8-9H2,1H3,(H,16,18)(H,17,19). The molecule has 0 fully saturated rings. The number of rotatable bonds is 5. The molecule has 0 unspecified atom stereocenters. The Balaban J connectivity index is 1.73. The first-order chi connectivity index (χ1) is 9.68. The second-order valence-corrected chi connectivity index (χ2v) is 4.27. The van der Waals surface area contributed by atoms with E-state index in [1.54, 1.807) is 37.3 Å². The van der Waals surface area contributed by atoms with E-state index in [1.165, 1.54) is 6.26 Å². The van der Waals surface area contributed by atoms with E-state index in [0.717, 1.165) is 0 Å². The average molecular weight is 272 g/mol. The van der Waals surface area contributed by atoms with Gasteiger partial charge in [0, 0.05) is 18.7 Å². The third kappa shape index (κ3) is 3.47. The first kappa shape index (κ1) is 13.9. The Labute approximate surface area is 117 Å². The number of carbonyl (C=O) groups excluding carboxylic acids is 2. The van der Waals surface area contributed by atoms with Gasteiger partial charge in [-0.15, -0.1) is 0 Å². The third-order valence-corrected chi connectivity index (χ3v) is 2.84. The summed E-state index contributed by atoms with van der Waals surface area (Å²) in [6, 6.07) is 10.6. The van der Waals surface area contributed by atoms with Gasteiger partial charge in [-0.3, -0.25) is 9.59 Å². The lowest BCUT2D eigenvalue weighted by molar-refractivity contribution is 0.0927. The van der Waals surface area contributed by atoms with Gasteiger partial charge >= 0.3 is 0 Å². The Hall–Kier alpha value is -2.56. The second-order valence-electron chi connectivity index (χ2n) is 4.27. The number of hydrogen-bond acceptors (Lipinski definition) is 3. The van der Waals surface area contributed by atoms with Gasteiger partial charge in [0.05, 0.1) is 11.8 Å². The quantitative estimate of drug-likeness (QED) is 0.814. The molecule has 0 bridgehead atoms. The molecule has 1 heterocycles. The number of aryl methyl sites for hydroxylation is 1. The largest absolute Gasteiger partial charge is 0.469 e. The van der Waals surface area contributed by atoms with Crippen LogP contribution >= 0.6 is 0 Å². The van der Waals surface area contributed by atoms with Crippen molar-refractivity contribution in [2.45, 2.75) is 6.92 Å². The van der Waals surface area contributed by atoms with E-state index in [0.29, 0.717) is 30.0 Å². The molecule has 0 aliphatic carbocycles. The highest BCUT2D eigenvalue weighted by Gasteiger charge is 2.10. The topological polar surface area (TPSA) is 71.3 Å². The van der Waals surface area contributed by atoms with Crippen molar-refractivity contribution < 1.29 is 14.0 Å². The van der Waals surface area contributed by atoms with Crippen LogP contribution < -0.4 is 10.6 Å². The molecule has 5 nitrogen and oxygen atoms in total. The average Bonchev–Trinajstić information content (AvgIpc) is 2.90. The number of benzene rings is 1. The SMILES string of the molecule is Cc1occc1C(=O)NCCNC(=O)c1ccccc1. The van der Waals surface area contributed by atoms with E-state index in [9.17, 15) is 9.59 Å². The zero-order chi connectivity index (χ0) is 14.4. The van der Waals surface area contributed by atoms with Crippen LogP contribution in [-0.4, -0.2) is 24.9 Å². The normalized spacial score (nSPS) is 10.1. The van der Waals surface area contributed by atoms with Crippen molar-refractivity contribution in [2.24, 2.45) is 0 Å². The molecular formula is C15H16N2O3. The Morgan fingerprint density at radius 2 is 1.65 bits per heavy atom. The predicted molar refractivity (Wildman–Crippen MR) is 74.6 cm³/mol. The molecule has 2 N–H and O–H groups in total. The first-order valence-electron chi connectivity index (χ1n) is 6.34. The van der Waals surface area contributed by atoms with Crippen LogP contribution in [0.25, 0.3) is 0 Å². The van der Waals surface area contributed by atoms with Crippen LogP contribution in [0.1, 0.15) is 26.5 Å². The van der Waals surface area contributed by atoms with Crippen molar-refractivity contribution in [1.29, 1.82) is 0 Å². The van der Waals surface area contributed by atoms with Crippen molar-refractivity contribution in [3.8, 4) is 0 Å². The highest BCUT2D eigenvalue weighted by atomic mass is 16.3. The van der Waals surface area contributed by atoms with Gasteiger partial charge in [0.1, 0.15) is 5.76 Å². The Bertz CT molecular complexity index is 590. The summed E-state index contributed by atoms with van der Waals surface area (Å²) in [7, 11) is 0. The van der Waals surface area contributed by atoms with Gasteiger partial charge in [0.15, 0.2) is 0 Å². The lowest BCUT2D eigenvalue weighted by atomic mass is 10.2. The van der Waals surface area contributed by atoms with Crippen molar-refractivity contribution >= 4 is 11.8 Å². The Kier molecular flexibility index (Phi) is 4.55. The van der Waals surface area contributed by atoms with Crippen LogP contribution in [-0.2, 0) is 0 Å². The van der Waals surface area contributed by atoms with E-state index < -0.39 is 0 Å². The molecule has 0 spiro atoms. The summed E-state index contributed by atoms with van der Waals surface area (Å²) in [5.74, 6) is 0.223. The van der Waals surface area contributed by atoms with Gasteiger partial charge in [-0.25, -0.2) is 0 Å². The van der Waals surface area contributed by atoms with Crippen LogP contribution in [0.2, 0.25) is 0 Å². The van der Waals surface area contributed by atoms with Crippen molar-refractivity contribution in [2.75, 3.05) is 13.1 Å². The minimum atomic E-state index is -0.204. The predicted octanol–water partition coefficient (Wildman–Crippen LogP) is 1.75. The zero-order valence-corrected chi connectivity index (χ0v) is 11.2.